The third-order valence-electron chi connectivity index (χ3n) is 9.37. The molecule has 1 aromatic heterocycles. The summed E-state index contributed by atoms with van der Waals surface area (Å²) in [6.07, 6.45) is -7.74. The summed E-state index contributed by atoms with van der Waals surface area (Å²) in [7, 11) is 0. The Kier molecular flexibility index (Phi) is 13.8. The topological polar surface area (TPSA) is 78.8 Å². The molecule has 0 spiro atoms. The van der Waals surface area contributed by atoms with Gasteiger partial charge in [0.25, 0.3) is 0 Å². The Morgan fingerprint density at radius 2 is 1.45 bits per heavy atom. The normalized spacial score (nSPS) is 17.4. The molecule has 4 rings (SSSR count). The van der Waals surface area contributed by atoms with E-state index >= 15 is 0 Å². The Morgan fingerprint density at radius 3 is 1.96 bits per heavy atom. The van der Waals surface area contributed by atoms with Crippen molar-refractivity contribution in [1.82, 2.24) is 9.97 Å². The molecule has 1 N–H and O–H groups in total. The van der Waals surface area contributed by atoms with Crippen molar-refractivity contribution in [2.24, 2.45) is 11.8 Å². The molecular formula is C36H41F9N4O3S. The standard InChI is InChI=1S/C36H41F9N4O3S/c1-4-48(20-24-7-5-23(6-8-24)13-32(50)51)31-10-9-27(34(37,38)39)16-26(31)21-49(33-46-18-30(19-47-33)52-11-12-53-3)22(2)25-14-28(35(40,41)42)17-29(15-25)36(43,44)45/h9-10,14-19,22-24H,4-8,11-13,20-21H2,1-3H3,(H,50,51)/t22-,23?,24?/m0/s1. The van der Waals surface area contributed by atoms with Crippen molar-refractivity contribution in [3.05, 3.63) is 76.6 Å². The van der Waals surface area contributed by atoms with Crippen molar-refractivity contribution in [1.29, 1.82) is 0 Å². The van der Waals surface area contributed by atoms with Crippen molar-refractivity contribution < 1.29 is 54.2 Å². The van der Waals surface area contributed by atoms with E-state index in [1.54, 1.807) is 0 Å². The van der Waals surface area contributed by atoms with Crippen LogP contribution >= 0.6 is 11.8 Å². The third kappa shape index (κ3) is 11.5. The lowest BCUT2D eigenvalue weighted by atomic mass is 9.80. The second kappa shape index (κ2) is 17.5. The Bertz CT molecular complexity index is 1630. The van der Waals surface area contributed by atoms with Crippen molar-refractivity contribution >= 4 is 29.4 Å². The van der Waals surface area contributed by atoms with Crippen LogP contribution in [0.5, 0.6) is 5.75 Å². The molecule has 7 nitrogen and oxygen atoms in total. The first-order valence-corrected chi connectivity index (χ1v) is 18.4. The van der Waals surface area contributed by atoms with Crippen molar-refractivity contribution in [3.8, 4) is 5.75 Å². The molecule has 0 aliphatic heterocycles. The van der Waals surface area contributed by atoms with E-state index in [-0.39, 0.29) is 41.6 Å². The second-order valence-corrected chi connectivity index (χ2v) is 14.1. The van der Waals surface area contributed by atoms with E-state index in [1.807, 2.05) is 18.1 Å². The minimum atomic E-state index is -5.13. The fraction of sp³-hybridized carbons (Fsp3) is 0.528. The molecule has 1 atom stereocenters. The molecule has 1 heterocycles. The van der Waals surface area contributed by atoms with Crippen molar-refractivity contribution in [2.45, 2.75) is 77.1 Å². The number of aliphatic carboxylic acids is 1. The summed E-state index contributed by atoms with van der Waals surface area (Å²) in [6, 6.07) is 3.04. The highest BCUT2D eigenvalue weighted by Gasteiger charge is 2.38. The van der Waals surface area contributed by atoms with E-state index < -0.39 is 59.3 Å². The Hall–Kier alpha value is -3.89. The number of hydrogen-bond acceptors (Lipinski definition) is 7. The van der Waals surface area contributed by atoms with Crippen LogP contribution in [0.2, 0.25) is 0 Å². The van der Waals surface area contributed by atoms with Gasteiger partial charge in [0.15, 0.2) is 5.75 Å². The number of halogens is 9. The highest BCUT2D eigenvalue weighted by molar-refractivity contribution is 7.98. The predicted molar refractivity (Wildman–Crippen MR) is 184 cm³/mol. The van der Waals surface area contributed by atoms with Crippen molar-refractivity contribution in [3.63, 3.8) is 0 Å². The molecule has 0 amide bonds. The fourth-order valence-corrected chi connectivity index (χ4v) is 6.76. The van der Waals surface area contributed by atoms with Gasteiger partial charge in [0, 0.05) is 37.5 Å². The maximum absolute atomic E-state index is 14.1. The monoisotopic (exact) mass is 780 g/mol. The number of carbonyl (C=O) groups is 1. The number of alkyl halides is 9. The zero-order chi connectivity index (χ0) is 39.1. The Labute approximate surface area is 305 Å². The number of thioether (sulfide) groups is 1. The van der Waals surface area contributed by atoms with E-state index in [2.05, 4.69) is 9.97 Å². The number of carboxylic acids is 1. The molecule has 1 aliphatic carbocycles. The molecule has 1 fully saturated rings. The quantitative estimate of drug-likeness (QED) is 0.121. The molecule has 0 radical (unpaired) electrons. The van der Waals surface area contributed by atoms with Crippen LogP contribution in [-0.4, -0.2) is 52.7 Å². The van der Waals surface area contributed by atoms with E-state index in [9.17, 15) is 49.4 Å². The Morgan fingerprint density at radius 1 is 0.887 bits per heavy atom. The average Bonchev–Trinajstić information content (AvgIpc) is 3.09. The molecule has 0 bridgehead atoms. The highest BCUT2D eigenvalue weighted by atomic mass is 32.2. The van der Waals surface area contributed by atoms with Crippen LogP contribution in [0.4, 0.5) is 51.1 Å². The lowest BCUT2D eigenvalue weighted by molar-refractivity contribution is -0.143. The summed E-state index contributed by atoms with van der Waals surface area (Å²) >= 11 is 1.52. The van der Waals surface area contributed by atoms with Gasteiger partial charge in [-0.3, -0.25) is 4.79 Å². The van der Waals surface area contributed by atoms with E-state index in [0.29, 0.717) is 69.0 Å². The molecule has 292 valence electrons. The van der Waals surface area contributed by atoms with Gasteiger partial charge in [0.1, 0.15) is 0 Å². The number of hydrogen-bond donors (Lipinski definition) is 1. The van der Waals surface area contributed by atoms with Gasteiger partial charge in [0.05, 0.1) is 41.7 Å². The van der Waals surface area contributed by atoms with Gasteiger partial charge in [-0.25, -0.2) is 9.97 Å². The lowest BCUT2D eigenvalue weighted by Gasteiger charge is -2.36. The highest BCUT2D eigenvalue weighted by Crippen LogP contribution is 2.41. The number of benzene rings is 2. The molecule has 2 aromatic carbocycles. The number of aromatic nitrogens is 2. The number of rotatable bonds is 15. The molecule has 0 saturated heterocycles. The number of carboxylic acid groups (broad SMARTS) is 1. The van der Waals surface area contributed by atoms with Crippen LogP contribution in [0.1, 0.15) is 79.8 Å². The van der Waals surface area contributed by atoms with Crippen LogP contribution < -0.4 is 14.5 Å². The molecule has 17 heteroatoms. The second-order valence-electron chi connectivity index (χ2n) is 13.1. The van der Waals surface area contributed by atoms with E-state index in [0.717, 1.165) is 12.1 Å². The predicted octanol–water partition coefficient (Wildman–Crippen LogP) is 10.1. The zero-order valence-corrected chi connectivity index (χ0v) is 30.1. The van der Waals surface area contributed by atoms with Gasteiger partial charge in [0.2, 0.25) is 5.95 Å². The number of anilines is 2. The van der Waals surface area contributed by atoms with Gasteiger partial charge < -0.3 is 19.6 Å². The minimum absolute atomic E-state index is 0.0109. The summed E-state index contributed by atoms with van der Waals surface area (Å²) in [5.41, 5.74) is -3.99. The number of nitrogens with zero attached hydrogens (tertiary/aromatic N) is 4. The first-order valence-electron chi connectivity index (χ1n) is 17.0. The first kappa shape index (κ1) is 41.9. The summed E-state index contributed by atoms with van der Waals surface area (Å²) in [5, 5.41) is 9.19. The summed E-state index contributed by atoms with van der Waals surface area (Å²) < 4.78 is 131. The maximum atomic E-state index is 14.1. The van der Waals surface area contributed by atoms with Crippen LogP contribution in [0.3, 0.4) is 0 Å². The van der Waals surface area contributed by atoms with Crippen LogP contribution in [0.15, 0.2) is 48.8 Å². The van der Waals surface area contributed by atoms with Crippen LogP contribution in [0, 0.1) is 11.8 Å². The SMILES string of the molecule is CCN(CC1CCC(CC(=O)O)CC1)c1ccc(C(F)(F)F)cc1CN(c1ncc(OCCSC)cn1)[C@@H](C)c1cc(C(F)(F)F)cc(C(F)(F)F)c1. The molecule has 0 unspecified atom stereocenters. The van der Waals surface area contributed by atoms with Crippen LogP contribution in [0.25, 0.3) is 0 Å². The van der Waals surface area contributed by atoms with Crippen LogP contribution in [-0.2, 0) is 29.9 Å². The largest absolute Gasteiger partial charge is 0.489 e. The number of ether oxygens (including phenoxy) is 1. The molecule has 1 aliphatic rings. The van der Waals surface area contributed by atoms with Gasteiger partial charge in [-0.05, 0) is 105 Å². The molecule has 1 saturated carbocycles. The zero-order valence-electron chi connectivity index (χ0n) is 29.3. The summed E-state index contributed by atoms with van der Waals surface area (Å²) in [6.45, 7) is 3.83. The van der Waals surface area contributed by atoms with Crippen molar-refractivity contribution in [2.75, 3.05) is 41.5 Å². The molecule has 53 heavy (non-hydrogen) atoms. The molecular weight excluding hydrogens is 739 g/mol. The maximum Gasteiger partial charge on any atom is 0.416 e. The summed E-state index contributed by atoms with van der Waals surface area (Å²) in [4.78, 5) is 22.9. The average molecular weight is 781 g/mol. The minimum Gasteiger partial charge on any atom is -0.489 e. The smallest absolute Gasteiger partial charge is 0.416 e. The lowest BCUT2D eigenvalue weighted by Crippen LogP contribution is -2.34. The fourth-order valence-electron chi connectivity index (χ4n) is 6.51. The summed E-state index contributed by atoms with van der Waals surface area (Å²) in [5.74, 6) is -0.0200. The Balaban J connectivity index is 1.80. The molecule has 3 aromatic rings. The van der Waals surface area contributed by atoms with Gasteiger partial charge in [-0.15, -0.1) is 0 Å². The first-order chi connectivity index (χ1) is 24.8. The van der Waals surface area contributed by atoms with Gasteiger partial charge >= 0.3 is 24.5 Å². The van der Waals surface area contributed by atoms with E-state index in [4.69, 9.17) is 4.74 Å². The van der Waals surface area contributed by atoms with E-state index in [1.165, 1.54) is 42.0 Å². The van der Waals surface area contributed by atoms with Gasteiger partial charge in [-0.2, -0.15) is 51.3 Å². The van der Waals surface area contributed by atoms with Gasteiger partial charge in [-0.1, -0.05) is 0 Å². The third-order valence-corrected chi connectivity index (χ3v) is 9.94.